The third-order valence-corrected chi connectivity index (χ3v) is 2.79. The van der Waals surface area contributed by atoms with Crippen molar-refractivity contribution in [2.45, 2.75) is 6.92 Å². The number of nitriles is 1. The number of nitrogens with zero attached hydrogens (tertiary/aromatic N) is 2. The van der Waals surface area contributed by atoms with Crippen LogP contribution in [0.3, 0.4) is 0 Å². The molecule has 100 valence electrons. The molecule has 0 aliphatic carbocycles. The lowest BCUT2D eigenvalue weighted by Crippen LogP contribution is -2.14. The number of halogens is 2. The summed E-state index contributed by atoms with van der Waals surface area (Å²) in [6.07, 6.45) is 0. The molecule has 0 unspecified atom stereocenters. The number of pyridine rings is 1. The summed E-state index contributed by atoms with van der Waals surface area (Å²) in [5, 5.41) is 9.13. The number of carbonyl (C=O) groups is 1. The van der Waals surface area contributed by atoms with Gasteiger partial charge >= 0.3 is 0 Å². The van der Waals surface area contributed by atoms with Crippen LogP contribution in [0.4, 0.5) is 8.78 Å². The summed E-state index contributed by atoms with van der Waals surface area (Å²) < 4.78 is 26.8. The monoisotopic (exact) mass is 273 g/mol. The Morgan fingerprint density at radius 2 is 2.00 bits per heavy atom. The van der Waals surface area contributed by atoms with Crippen LogP contribution in [0.25, 0.3) is 11.1 Å². The van der Waals surface area contributed by atoms with E-state index in [1.165, 1.54) is 19.1 Å². The van der Waals surface area contributed by atoms with Crippen LogP contribution in [0.15, 0.2) is 24.3 Å². The van der Waals surface area contributed by atoms with Crippen LogP contribution >= 0.6 is 0 Å². The summed E-state index contributed by atoms with van der Waals surface area (Å²) in [7, 11) is 0. The van der Waals surface area contributed by atoms with Crippen molar-refractivity contribution in [3.63, 3.8) is 0 Å². The number of rotatable bonds is 2. The maximum atomic E-state index is 13.8. The number of amides is 1. The highest BCUT2D eigenvalue weighted by Crippen LogP contribution is 2.28. The molecule has 1 aromatic heterocycles. The molecule has 2 rings (SSSR count). The number of aromatic nitrogens is 1. The Labute approximate surface area is 113 Å². The molecule has 20 heavy (non-hydrogen) atoms. The predicted molar refractivity (Wildman–Crippen MR) is 67.6 cm³/mol. The Morgan fingerprint density at radius 1 is 1.30 bits per heavy atom. The largest absolute Gasteiger partial charge is 0.364 e. The van der Waals surface area contributed by atoms with Crippen molar-refractivity contribution in [3.05, 3.63) is 52.9 Å². The van der Waals surface area contributed by atoms with Crippen LogP contribution in [0.2, 0.25) is 0 Å². The molecule has 6 heteroatoms. The fraction of sp³-hybridized carbons (Fsp3) is 0.0714. The smallest absolute Gasteiger partial charge is 0.267 e. The number of benzene rings is 1. The third kappa shape index (κ3) is 2.34. The van der Waals surface area contributed by atoms with Crippen molar-refractivity contribution < 1.29 is 13.6 Å². The standard InChI is InChI=1S/C14H9F2N3O/c1-7-11(6-17)10(5-13(19-7)14(18)20)9-3-2-8(15)4-12(9)16/h2-5H,1H3,(H2,18,20). The molecule has 1 amide bonds. The Kier molecular flexibility index (Phi) is 3.44. The molecule has 1 heterocycles. The molecule has 0 radical (unpaired) electrons. The van der Waals surface area contributed by atoms with Gasteiger partial charge in [-0.05, 0) is 25.1 Å². The summed E-state index contributed by atoms with van der Waals surface area (Å²) in [5.74, 6) is -2.35. The molecule has 4 nitrogen and oxygen atoms in total. The Hall–Kier alpha value is -2.81. The lowest BCUT2D eigenvalue weighted by molar-refractivity contribution is 0.0995. The first kappa shape index (κ1) is 13.6. The Bertz CT molecular complexity index is 751. The molecule has 2 aromatic rings. The van der Waals surface area contributed by atoms with Gasteiger partial charge in [-0.3, -0.25) is 4.79 Å². The van der Waals surface area contributed by atoms with Crippen LogP contribution in [0, 0.1) is 29.9 Å². The van der Waals surface area contributed by atoms with Crippen molar-refractivity contribution in [2.24, 2.45) is 5.73 Å². The highest BCUT2D eigenvalue weighted by Gasteiger charge is 2.17. The van der Waals surface area contributed by atoms with Gasteiger partial charge in [0, 0.05) is 17.2 Å². The number of hydrogen-bond acceptors (Lipinski definition) is 3. The van der Waals surface area contributed by atoms with E-state index in [0.717, 1.165) is 6.07 Å². The van der Waals surface area contributed by atoms with E-state index in [4.69, 9.17) is 11.0 Å². The highest BCUT2D eigenvalue weighted by atomic mass is 19.1. The zero-order valence-corrected chi connectivity index (χ0v) is 10.4. The van der Waals surface area contributed by atoms with Gasteiger partial charge in [0.2, 0.25) is 0 Å². The normalized spacial score (nSPS) is 10.1. The van der Waals surface area contributed by atoms with E-state index in [-0.39, 0.29) is 28.1 Å². The van der Waals surface area contributed by atoms with E-state index in [0.29, 0.717) is 6.07 Å². The maximum absolute atomic E-state index is 13.8. The minimum absolute atomic E-state index is 0.0101. The van der Waals surface area contributed by atoms with Gasteiger partial charge in [0.1, 0.15) is 23.4 Å². The van der Waals surface area contributed by atoms with Crippen molar-refractivity contribution in [1.82, 2.24) is 4.98 Å². The molecular formula is C14H9F2N3O. The van der Waals surface area contributed by atoms with Crippen molar-refractivity contribution in [2.75, 3.05) is 0 Å². The fourth-order valence-corrected chi connectivity index (χ4v) is 1.86. The first-order chi connectivity index (χ1) is 9.43. The van der Waals surface area contributed by atoms with Gasteiger partial charge in [0.25, 0.3) is 5.91 Å². The molecule has 0 aliphatic rings. The lowest BCUT2D eigenvalue weighted by Gasteiger charge is -2.09. The van der Waals surface area contributed by atoms with Crippen LogP contribution in [0.5, 0.6) is 0 Å². The van der Waals surface area contributed by atoms with Gasteiger partial charge in [0.05, 0.1) is 11.3 Å². The van der Waals surface area contributed by atoms with Gasteiger partial charge in [-0.15, -0.1) is 0 Å². The number of primary amides is 1. The molecule has 2 N–H and O–H groups in total. The molecular weight excluding hydrogens is 264 g/mol. The van der Waals surface area contributed by atoms with Crippen molar-refractivity contribution in [3.8, 4) is 17.2 Å². The molecule has 0 fully saturated rings. The van der Waals surface area contributed by atoms with Crippen LogP contribution < -0.4 is 5.73 Å². The van der Waals surface area contributed by atoms with Crippen LogP contribution in [-0.4, -0.2) is 10.9 Å². The lowest BCUT2D eigenvalue weighted by atomic mass is 9.98. The van der Waals surface area contributed by atoms with Crippen molar-refractivity contribution >= 4 is 5.91 Å². The molecule has 0 bridgehead atoms. The molecule has 0 saturated carbocycles. The van der Waals surface area contributed by atoms with E-state index in [1.807, 2.05) is 6.07 Å². The van der Waals surface area contributed by atoms with Gasteiger partial charge in [0.15, 0.2) is 0 Å². The van der Waals surface area contributed by atoms with E-state index < -0.39 is 17.5 Å². The van der Waals surface area contributed by atoms with Crippen LogP contribution in [0.1, 0.15) is 21.7 Å². The summed E-state index contributed by atoms with van der Waals surface area (Å²) in [4.78, 5) is 15.1. The quantitative estimate of drug-likeness (QED) is 0.911. The number of hydrogen-bond donors (Lipinski definition) is 1. The predicted octanol–water partition coefficient (Wildman–Crippen LogP) is 2.31. The van der Waals surface area contributed by atoms with E-state index in [9.17, 15) is 13.6 Å². The molecule has 0 spiro atoms. The molecule has 0 atom stereocenters. The average molecular weight is 273 g/mol. The van der Waals surface area contributed by atoms with Gasteiger partial charge < -0.3 is 5.73 Å². The fourth-order valence-electron chi connectivity index (χ4n) is 1.86. The topological polar surface area (TPSA) is 79.8 Å². The van der Waals surface area contributed by atoms with Crippen LogP contribution in [-0.2, 0) is 0 Å². The minimum atomic E-state index is -0.831. The number of carbonyl (C=O) groups excluding carboxylic acids is 1. The summed E-state index contributed by atoms with van der Waals surface area (Å²) in [5.41, 5.74) is 5.59. The molecule has 1 aromatic carbocycles. The summed E-state index contributed by atoms with van der Waals surface area (Å²) >= 11 is 0. The van der Waals surface area contributed by atoms with E-state index >= 15 is 0 Å². The first-order valence-corrected chi connectivity index (χ1v) is 5.61. The third-order valence-electron chi connectivity index (χ3n) is 2.79. The maximum Gasteiger partial charge on any atom is 0.267 e. The highest BCUT2D eigenvalue weighted by molar-refractivity contribution is 5.93. The second-order valence-corrected chi connectivity index (χ2v) is 4.12. The van der Waals surface area contributed by atoms with Gasteiger partial charge in [-0.1, -0.05) is 0 Å². The zero-order valence-electron chi connectivity index (χ0n) is 10.4. The SMILES string of the molecule is Cc1nc(C(N)=O)cc(-c2ccc(F)cc2F)c1C#N. The number of aryl methyl sites for hydroxylation is 1. The molecule has 0 aliphatic heterocycles. The summed E-state index contributed by atoms with van der Waals surface area (Å²) in [6.45, 7) is 1.51. The second-order valence-electron chi connectivity index (χ2n) is 4.12. The Morgan fingerprint density at radius 3 is 2.55 bits per heavy atom. The average Bonchev–Trinajstić information content (AvgIpc) is 2.37. The minimum Gasteiger partial charge on any atom is -0.364 e. The summed E-state index contributed by atoms with van der Waals surface area (Å²) in [6, 6.07) is 6.09. The van der Waals surface area contributed by atoms with E-state index in [1.54, 1.807) is 0 Å². The zero-order chi connectivity index (χ0) is 14.9. The second kappa shape index (κ2) is 5.05. The molecule has 0 saturated heterocycles. The Balaban J connectivity index is 2.78. The number of nitrogens with two attached hydrogens (primary N) is 1. The van der Waals surface area contributed by atoms with Crippen molar-refractivity contribution in [1.29, 1.82) is 5.26 Å². The van der Waals surface area contributed by atoms with Gasteiger partial charge in [-0.2, -0.15) is 5.26 Å². The first-order valence-electron chi connectivity index (χ1n) is 5.61. The van der Waals surface area contributed by atoms with E-state index in [2.05, 4.69) is 4.98 Å². The van der Waals surface area contributed by atoms with Gasteiger partial charge in [-0.25, -0.2) is 13.8 Å².